The molecule has 2 aromatic rings. The Morgan fingerprint density at radius 1 is 1.12 bits per heavy atom. The number of hydrogen-bond acceptors (Lipinski definition) is 3. The molecule has 0 fully saturated rings. The second kappa shape index (κ2) is 5.32. The van der Waals surface area contributed by atoms with Crippen LogP contribution in [0, 0.1) is 6.92 Å². The lowest BCUT2D eigenvalue weighted by molar-refractivity contribution is 0.916. The van der Waals surface area contributed by atoms with Gasteiger partial charge in [0.15, 0.2) is 5.13 Å². The summed E-state index contributed by atoms with van der Waals surface area (Å²) in [5.74, 6) is 0. The fourth-order valence-electron chi connectivity index (χ4n) is 1.89. The predicted molar refractivity (Wildman–Crippen MR) is 74.5 cm³/mol. The highest BCUT2D eigenvalue weighted by molar-refractivity contribution is 7.15. The van der Waals surface area contributed by atoms with Crippen LogP contribution in [0.25, 0.3) is 0 Å². The first-order chi connectivity index (χ1) is 8.19. The number of aryl methyl sites for hydroxylation is 4. The van der Waals surface area contributed by atoms with E-state index in [0.717, 1.165) is 25.0 Å². The van der Waals surface area contributed by atoms with Crippen LogP contribution in [-0.2, 0) is 19.3 Å². The highest BCUT2D eigenvalue weighted by atomic mass is 32.1. The molecule has 3 heteroatoms. The summed E-state index contributed by atoms with van der Waals surface area (Å²) < 4.78 is 0. The molecular weight excluding hydrogens is 228 g/mol. The molecule has 0 bridgehead atoms. The Morgan fingerprint density at radius 2 is 1.76 bits per heavy atom. The summed E-state index contributed by atoms with van der Waals surface area (Å²) >= 11 is 1.58. The van der Waals surface area contributed by atoms with E-state index in [-0.39, 0.29) is 0 Å². The lowest BCUT2D eigenvalue weighted by atomic mass is 10.0. The highest BCUT2D eigenvalue weighted by Gasteiger charge is 2.05. The largest absolute Gasteiger partial charge is 0.375 e. The summed E-state index contributed by atoms with van der Waals surface area (Å²) in [7, 11) is 0. The molecule has 90 valence electrons. The summed E-state index contributed by atoms with van der Waals surface area (Å²) in [6.07, 6.45) is 3.11. The number of benzene rings is 1. The quantitative estimate of drug-likeness (QED) is 0.898. The first-order valence-electron chi connectivity index (χ1n) is 5.98. The van der Waals surface area contributed by atoms with Crippen molar-refractivity contribution < 1.29 is 0 Å². The Balaban J connectivity index is 1.99. The lowest BCUT2D eigenvalue weighted by Crippen LogP contribution is -1.94. The van der Waals surface area contributed by atoms with E-state index in [0.29, 0.717) is 5.13 Å². The molecule has 2 N–H and O–H groups in total. The molecule has 0 unspecified atom stereocenters. The molecule has 1 aromatic carbocycles. The number of aromatic nitrogens is 1. The van der Waals surface area contributed by atoms with Crippen LogP contribution in [-0.4, -0.2) is 4.98 Å². The average molecular weight is 246 g/mol. The predicted octanol–water partition coefficient (Wildman–Crippen LogP) is 3.38. The van der Waals surface area contributed by atoms with Gasteiger partial charge >= 0.3 is 0 Å². The molecule has 0 aliphatic heterocycles. The van der Waals surface area contributed by atoms with Crippen LogP contribution in [0.1, 0.15) is 28.6 Å². The zero-order chi connectivity index (χ0) is 12.3. The number of hydrogen-bond donors (Lipinski definition) is 1. The van der Waals surface area contributed by atoms with E-state index in [2.05, 4.69) is 43.1 Å². The van der Waals surface area contributed by atoms with Crippen molar-refractivity contribution >= 4 is 16.5 Å². The molecule has 0 aliphatic carbocycles. The Morgan fingerprint density at radius 3 is 2.29 bits per heavy atom. The van der Waals surface area contributed by atoms with Gasteiger partial charge in [-0.2, -0.15) is 0 Å². The van der Waals surface area contributed by atoms with E-state index in [1.165, 1.54) is 16.0 Å². The molecule has 0 aliphatic rings. The van der Waals surface area contributed by atoms with Gasteiger partial charge in [0.1, 0.15) is 0 Å². The monoisotopic (exact) mass is 246 g/mol. The van der Waals surface area contributed by atoms with Gasteiger partial charge in [-0.15, -0.1) is 11.3 Å². The van der Waals surface area contributed by atoms with Crippen molar-refractivity contribution in [3.63, 3.8) is 0 Å². The van der Waals surface area contributed by atoms with Gasteiger partial charge in [0, 0.05) is 4.88 Å². The smallest absolute Gasteiger partial charge is 0.180 e. The van der Waals surface area contributed by atoms with Gasteiger partial charge < -0.3 is 5.73 Å². The summed E-state index contributed by atoms with van der Waals surface area (Å²) in [6, 6.07) is 8.84. The van der Waals surface area contributed by atoms with Crippen molar-refractivity contribution in [2.45, 2.75) is 33.1 Å². The topological polar surface area (TPSA) is 38.9 Å². The standard InChI is InChI=1S/C14H18N2S/c1-3-11-4-6-12(7-5-11)8-9-13-10(2)17-14(15)16-13/h4-7H,3,8-9H2,1-2H3,(H2,15,16). The zero-order valence-corrected chi connectivity index (χ0v) is 11.2. The minimum absolute atomic E-state index is 0.679. The van der Waals surface area contributed by atoms with Crippen LogP contribution in [0.2, 0.25) is 0 Å². The lowest BCUT2D eigenvalue weighted by Gasteiger charge is -2.02. The molecule has 1 heterocycles. The molecule has 0 radical (unpaired) electrons. The normalized spacial score (nSPS) is 10.7. The highest BCUT2D eigenvalue weighted by Crippen LogP contribution is 2.20. The van der Waals surface area contributed by atoms with Crippen LogP contribution < -0.4 is 5.73 Å². The minimum atomic E-state index is 0.679. The van der Waals surface area contributed by atoms with Gasteiger partial charge in [0.05, 0.1) is 5.69 Å². The van der Waals surface area contributed by atoms with Gasteiger partial charge in [0.2, 0.25) is 0 Å². The van der Waals surface area contributed by atoms with Crippen molar-refractivity contribution in [3.05, 3.63) is 46.0 Å². The SMILES string of the molecule is CCc1ccc(CCc2nc(N)sc2C)cc1. The maximum absolute atomic E-state index is 5.69. The third-order valence-corrected chi connectivity index (χ3v) is 3.83. The zero-order valence-electron chi connectivity index (χ0n) is 10.4. The molecule has 0 amide bonds. The number of nitrogen functional groups attached to an aromatic ring is 1. The Labute approximate surface area is 107 Å². The van der Waals surface area contributed by atoms with Crippen LogP contribution >= 0.6 is 11.3 Å². The number of thiazole rings is 1. The molecule has 0 atom stereocenters. The van der Waals surface area contributed by atoms with E-state index >= 15 is 0 Å². The molecule has 0 saturated carbocycles. The second-order valence-corrected chi connectivity index (χ2v) is 5.46. The molecule has 2 rings (SSSR count). The summed E-state index contributed by atoms with van der Waals surface area (Å²) in [5.41, 5.74) is 9.60. The van der Waals surface area contributed by atoms with E-state index in [9.17, 15) is 0 Å². The Kier molecular flexibility index (Phi) is 3.79. The van der Waals surface area contributed by atoms with Crippen molar-refractivity contribution in [2.24, 2.45) is 0 Å². The van der Waals surface area contributed by atoms with Gasteiger partial charge in [0.25, 0.3) is 0 Å². The summed E-state index contributed by atoms with van der Waals surface area (Å²) in [6.45, 7) is 4.26. The van der Waals surface area contributed by atoms with Crippen LogP contribution in [0.3, 0.4) is 0 Å². The average Bonchev–Trinajstić information content (AvgIpc) is 2.66. The molecule has 0 saturated heterocycles. The van der Waals surface area contributed by atoms with Crippen molar-refractivity contribution in [2.75, 3.05) is 5.73 Å². The number of rotatable bonds is 4. The molecule has 2 nitrogen and oxygen atoms in total. The van der Waals surface area contributed by atoms with Crippen LogP contribution in [0.15, 0.2) is 24.3 Å². The fourth-order valence-corrected chi connectivity index (χ4v) is 2.62. The van der Waals surface area contributed by atoms with Gasteiger partial charge in [-0.05, 0) is 37.3 Å². The number of nitrogens with zero attached hydrogens (tertiary/aromatic N) is 1. The Hall–Kier alpha value is -1.35. The first kappa shape index (κ1) is 12.1. The van der Waals surface area contributed by atoms with Gasteiger partial charge in [-0.3, -0.25) is 0 Å². The summed E-state index contributed by atoms with van der Waals surface area (Å²) in [4.78, 5) is 5.60. The van der Waals surface area contributed by atoms with Crippen molar-refractivity contribution in [3.8, 4) is 0 Å². The van der Waals surface area contributed by atoms with Crippen LogP contribution in [0.4, 0.5) is 5.13 Å². The van der Waals surface area contributed by atoms with Gasteiger partial charge in [-0.1, -0.05) is 31.2 Å². The molecule has 1 aromatic heterocycles. The second-order valence-electron chi connectivity index (χ2n) is 4.23. The maximum atomic E-state index is 5.69. The maximum Gasteiger partial charge on any atom is 0.180 e. The third-order valence-electron chi connectivity index (χ3n) is 2.99. The summed E-state index contributed by atoms with van der Waals surface area (Å²) in [5, 5.41) is 0.679. The van der Waals surface area contributed by atoms with E-state index in [4.69, 9.17) is 5.73 Å². The van der Waals surface area contributed by atoms with E-state index < -0.39 is 0 Å². The first-order valence-corrected chi connectivity index (χ1v) is 6.80. The fraction of sp³-hybridized carbons (Fsp3) is 0.357. The van der Waals surface area contributed by atoms with Crippen molar-refractivity contribution in [1.29, 1.82) is 0 Å². The van der Waals surface area contributed by atoms with Crippen molar-refractivity contribution in [1.82, 2.24) is 4.98 Å². The molecule has 0 spiro atoms. The minimum Gasteiger partial charge on any atom is -0.375 e. The van der Waals surface area contributed by atoms with Crippen LogP contribution in [0.5, 0.6) is 0 Å². The van der Waals surface area contributed by atoms with E-state index in [1.54, 1.807) is 11.3 Å². The van der Waals surface area contributed by atoms with Gasteiger partial charge in [-0.25, -0.2) is 4.98 Å². The number of anilines is 1. The molecule has 17 heavy (non-hydrogen) atoms. The number of nitrogens with two attached hydrogens (primary N) is 1. The third kappa shape index (κ3) is 3.07. The Bertz CT molecular complexity index is 485. The molecular formula is C14H18N2S. The van der Waals surface area contributed by atoms with E-state index in [1.807, 2.05) is 0 Å².